The van der Waals surface area contributed by atoms with Crippen molar-refractivity contribution in [2.24, 2.45) is 0 Å². The van der Waals surface area contributed by atoms with Crippen molar-refractivity contribution < 1.29 is 23.1 Å². The van der Waals surface area contributed by atoms with Crippen LogP contribution in [0.2, 0.25) is 5.02 Å². The van der Waals surface area contributed by atoms with Gasteiger partial charge in [-0.2, -0.15) is 13.2 Å². The van der Waals surface area contributed by atoms with Gasteiger partial charge in [0.2, 0.25) is 5.91 Å². The number of nitrogens with zero attached hydrogens (tertiary/aromatic N) is 2. The Balaban J connectivity index is 1.62. The van der Waals surface area contributed by atoms with Crippen molar-refractivity contribution in [2.45, 2.75) is 24.5 Å². The third-order valence-corrected chi connectivity index (χ3v) is 5.29. The Bertz CT molecular complexity index is 1010. The Morgan fingerprint density at radius 1 is 1.13 bits per heavy atom. The molecule has 0 aliphatic rings. The second-order valence-electron chi connectivity index (χ2n) is 6.34. The van der Waals surface area contributed by atoms with Crippen LogP contribution in [-0.2, 0) is 24.1 Å². The molecule has 1 heterocycles. The van der Waals surface area contributed by atoms with E-state index < -0.39 is 11.7 Å². The number of nitrogens with one attached hydrogen (secondary N) is 1. The highest BCUT2D eigenvalue weighted by Gasteiger charge is 2.30. The van der Waals surface area contributed by atoms with Gasteiger partial charge in [0, 0.05) is 23.5 Å². The number of aromatic nitrogens is 2. The standard InChI is InChI=1S/C20H17ClF3N3O2S/c21-15-5-1-13(2-6-15)9-27-10-17(11-28)26-19(27)30-12-18(29)25-16-7-3-14(4-8-16)20(22,23)24/h1-8,10,28H,9,11-12H2,(H,25,29). The minimum Gasteiger partial charge on any atom is -0.390 e. The Labute approximate surface area is 179 Å². The van der Waals surface area contributed by atoms with E-state index in [1.54, 1.807) is 18.3 Å². The first-order chi connectivity index (χ1) is 14.2. The molecule has 2 aromatic carbocycles. The Morgan fingerprint density at radius 2 is 1.80 bits per heavy atom. The van der Waals surface area contributed by atoms with E-state index in [2.05, 4.69) is 10.3 Å². The maximum atomic E-state index is 12.6. The monoisotopic (exact) mass is 455 g/mol. The fourth-order valence-electron chi connectivity index (χ4n) is 2.61. The maximum Gasteiger partial charge on any atom is 0.416 e. The molecule has 0 aliphatic carbocycles. The van der Waals surface area contributed by atoms with Gasteiger partial charge in [0.15, 0.2) is 5.16 Å². The Morgan fingerprint density at radius 3 is 2.40 bits per heavy atom. The van der Waals surface area contributed by atoms with Crippen LogP contribution in [0.3, 0.4) is 0 Å². The van der Waals surface area contributed by atoms with E-state index in [0.717, 1.165) is 29.5 Å². The number of rotatable bonds is 7. The molecule has 0 atom stereocenters. The van der Waals surface area contributed by atoms with Crippen LogP contribution >= 0.6 is 23.4 Å². The summed E-state index contributed by atoms with van der Waals surface area (Å²) in [5, 5.41) is 13.1. The SMILES string of the molecule is O=C(CSc1nc(CO)cn1Cc1ccc(Cl)cc1)Nc1ccc(C(F)(F)F)cc1. The summed E-state index contributed by atoms with van der Waals surface area (Å²) >= 11 is 7.06. The summed E-state index contributed by atoms with van der Waals surface area (Å²) in [6, 6.07) is 11.5. The smallest absolute Gasteiger partial charge is 0.390 e. The van der Waals surface area contributed by atoms with E-state index in [0.29, 0.717) is 22.4 Å². The molecule has 3 rings (SSSR count). The highest BCUT2D eigenvalue weighted by atomic mass is 35.5. The topological polar surface area (TPSA) is 67.1 Å². The van der Waals surface area contributed by atoms with Gasteiger partial charge in [0.05, 0.1) is 23.6 Å². The second kappa shape index (κ2) is 9.55. The third-order valence-electron chi connectivity index (χ3n) is 4.05. The fourth-order valence-corrected chi connectivity index (χ4v) is 3.54. The molecular formula is C20H17ClF3N3O2S. The van der Waals surface area contributed by atoms with Crippen LogP contribution in [0.1, 0.15) is 16.8 Å². The minimum atomic E-state index is -4.43. The number of benzene rings is 2. The van der Waals surface area contributed by atoms with Crippen LogP contribution in [0.5, 0.6) is 0 Å². The normalized spacial score (nSPS) is 11.5. The molecule has 1 aromatic heterocycles. The number of carbonyl (C=O) groups excluding carboxylic acids is 1. The predicted octanol–water partition coefficient (Wildman–Crippen LogP) is 4.83. The number of carbonyl (C=O) groups is 1. The van der Waals surface area contributed by atoms with Crippen molar-refractivity contribution in [3.05, 3.63) is 76.6 Å². The highest BCUT2D eigenvalue weighted by molar-refractivity contribution is 7.99. The van der Waals surface area contributed by atoms with Crippen molar-refractivity contribution in [3.8, 4) is 0 Å². The van der Waals surface area contributed by atoms with Crippen molar-refractivity contribution >= 4 is 35.0 Å². The average Bonchev–Trinajstić information content (AvgIpc) is 3.10. The van der Waals surface area contributed by atoms with Gasteiger partial charge < -0.3 is 15.0 Å². The van der Waals surface area contributed by atoms with Gasteiger partial charge in [0.25, 0.3) is 0 Å². The average molecular weight is 456 g/mol. The number of hydrogen-bond donors (Lipinski definition) is 2. The van der Waals surface area contributed by atoms with Gasteiger partial charge in [-0.1, -0.05) is 35.5 Å². The number of amides is 1. The van der Waals surface area contributed by atoms with E-state index in [1.807, 2.05) is 16.7 Å². The number of alkyl halides is 3. The number of halogens is 4. The zero-order valence-corrected chi connectivity index (χ0v) is 17.1. The van der Waals surface area contributed by atoms with Crippen molar-refractivity contribution in [3.63, 3.8) is 0 Å². The summed E-state index contributed by atoms with van der Waals surface area (Å²) in [4.78, 5) is 16.5. The predicted molar refractivity (Wildman–Crippen MR) is 110 cm³/mol. The van der Waals surface area contributed by atoms with Crippen molar-refractivity contribution in [1.29, 1.82) is 0 Å². The van der Waals surface area contributed by atoms with E-state index >= 15 is 0 Å². The van der Waals surface area contributed by atoms with Crippen LogP contribution < -0.4 is 5.32 Å². The van der Waals surface area contributed by atoms with Crippen LogP contribution in [0.25, 0.3) is 0 Å². The zero-order chi connectivity index (χ0) is 21.7. The molecule has 0 fully saturated rings. The number of imidazole rings is 1. The third kappa shape index (κ3) is 6.01. The van der Waals surface area contributed by atoms with E-state index in [9.17, 15) is 23.1 Å². The van der Waals surface area contributed by atoms with Gasteiger partial charge in [-0.3, -0.25) is 4.79 Å². The molecule has 10 heteroatoms. The Kier molecular flexibility index (Phi) is 7.06. The number of hydrogen-bond acceptors (Lipinski definition) is 4. The number of anilines is 1. The van der Waals surface area contributed by atoms with Crippen LogP contribution in [0, 0.1) is 0 Å². The molecule has 158 valence electrons. The second-order valence-corrected chi connectivity index (χ2v) is 7.72. The van der Waals surface area contributed by atoms with Gasteiger partial charge in [-0.25, -0.2) is 4.98 Å². The first-order valence-corrected chi connectivity index (χ1v) is 10.1. The summed E-state index contributed by atoms with van der Waals surface area (Å²) in [6.07, 6.45) is -2.73. The molecule has 3 aromatic rings. The zero-order valence-electron chi connectivity index (χ0n) is 15.5. The van der Waals surface area contributed by atoms with Crippen molar-refractivity contribution in [1.82, 2.24) is 9.55 Å². The summed E-state index contributed by atoms with van der Waals surface area (Å²) in [5.41, 5.74) is 0.928. The number of thioether (sulfide) groups is 1. The van der Waals surface area contributed by atoms with Gasteiger partial charge >= 0.3 is 6.18 Å². The lowest BCUT2D eigenvalue weighted by Gasteiger charge is -2.09. The molecular weight excluding hydrogens is 439 g/mol. The molecule has 30 heavy (non-hydrogen) atoms. The van der Waals surface area contributed by atoms with Crippen LogP contribution in [-0.4, -0.2) is 26.3 Å². The summed E-state index contributed by atoms with van der Waals surface area (Å²) in [6.45, 7) is 0.242. The molecule has 5 nitrogen and oxygen atoms in total. The van der Waals surface area contributed by atoms with E-state index in [1.165, 1.54) is 12.1 Å². The summed E-state index contributed by atoms with van der Waals surface area (Å²) in [7, 11) is 0. The van der Waals surface area contributed by atoms with E-state index in [-0.39, 0.29) is 24.0 Å². The first-order valence-electron chi connectivity index (χ1n) is 8.76. The maximum absolute atomic E-state index is 12.6. The molecule has 0 aliphatic heterocycles. The fraction of sp³-hybridized carbons (Fsp3) is 0.200. The van der Waals surface area contributed by atoms with Gasteiger partial charge in [0.1, 0.15) is 0 Å². The highest BCUT2D eigenvalue weighted by Crippen LogP contribution is 2.30. The number of aliphatic hydroxyl groups is 1. The lowest BCUT2D eigenvalue weighted by molar-refractivity contribution is -0.137. The first kappa shape index (κ1) is 22.2. The molecule has 0 radical (unpaired) electrons. The molecule has 2 N–H and O–H groups in total. The van der Waals surface area contributed by atoms with Crippen molar-refractivity contribution in [2.75, 3.05) is 11.1 Å². The molecule has 0 bridgehead atoms. The molecule has 0 unspecified atom stereocenters. The lowest BCUT2D eigenvalue weighted by Crippen LogP contribution is -2.15. The quantitative estimate of drug-likeness (QED) is 0.501. The van der Waals surface area contributed by atoms with Crippen LogP contribution in [0.15, 0.2) is 59.9 Å². The molecule has 0 saturated heterocycles. The Hall–Kier alpha value is -2.49. The molecule has 1 amide bonds. The summed E-state index contributed by atoms with van der Waals surface area (Å²) in [5.74, 6) is -0.380. The van der Waals surface area contributed by atoms with E-state index in [4.69, 9.17) is 11.6 Å². The molecule has 0 spiro atoms. The minimum absolute atomic E-state index is 0.00349. The summed E-state index contributed by atoms with van der Waals surface area (Å²) < 4.78 is 39.6. The lowest BCUT2D eigenvalue weighted by atomic mass is 10.2. The van der Waals surface area contributed by atoms with Gasteiger partial charge in [-0.15, -0.1) is 0 Å². The van der Waals surface area contributed by atoms with Crippen LogP contribution in [0.4, 0.5) is 18.9 Å². The van der Waals surface area contributed by atoms with Gasteiger partial charge in [-0.05, 0) is 42.0 Å². The number of aliphatic hydroxyl groups excluding tert-OH is 1. The largest absolute Gasteiger partial charge is 0.416 e. The molecule has 0 saturated carbocycles.